The lowest BCUT2D eigenvalue weighted by molar-refractivity contribution is 0.539. The van der Waals surface area contributed by atoms with Gasteiger partial charge in [0.2, 0.25) is 0 Å². The monoisotopic (exact) mass is 496 g/mol. The molecule has 0 aromatic carbocycles. The molecule has 0 spiro atoms. The number of hydrogen-bond donors (Lipinski definition) is 2. The van der Waals surface area contributed by atoms with Crippen LogP contribution in [0.4, 0.5) is 0 Å². The minimum absolute atomic E-state index is 0.0838. The molecule has 0 fully saturated rings. The quantitative estimate of drug-likeness (QED) is 0.290. The van der Waals surface area contributed by atoms with Crippen LogP contribution in [0, 0.1) is 0 Å². The SMILES string of the molecule is CC1(C)Cc2nc1c(Br)c1nc(cc3ccc(cc4ccc([nH]4)c2Br)[nH]3)C=C1. The highest BCUT2D eigenvalue weighted by molar-refractivity contribution is 9.11. The summed E-state index contributed by atoms with van der Waals surface area (Å²) in [5.41, 5.74) is 7.93. The van der Waals surface area contributed by atoms with Crippen LogP contribution < -0.4 is 0 Å². The van der Waals surface area contributed by atoms with Crippen molar-refractivity contribution in [3.8, 4) is 0 Å². The average Bonchev–Trinajstić information content (AvgIpc) is 3.41. The van der Waals surface area contributed by atoms with E-state index in [2.05, 4.69) is 92.1 Å². The highest BCUT2D eigenvalue weighted by Crippen LogP contribution is 2.39. The predicted octanol–water partition coefficient (Wildman–Crippen LogP) is 6.53. The van der Waals surface area contributed by atoms with Crippen LogP contribution in [0.3, 0.4) is 0 Å². The lowest BCUT2D eigenvalue weighted by Crippen LogP contribution is -2.16. The Hall–Kier alpha value is -2.18. The predicted molar refractivity (Wildman–Crippen MR) is 122 cm³/mol. The first-order valence-electron chi connectivity index (χ1n) is 9.12. The van der Waals surface area contributed by atoms with Gasteiger partial charge in [-0.05, 0) is 80.4 Å². The van der Waals surface area contributed by atoms with Crippen molar-refractivity contribution >= 4 is 66.1 Å². The molecule has 5 heterocycles. The normalized spacial score (nSPS) is 15.1. The second kappa shape index (κ2) is 6.42. The first kappa shape index (κ1) is 17.9. The number of aromatic amines is 2. The fourth-order valence-corrected chi connectivity index (χ4v) is 5.01. The molecule has 0 radical (unpaired) electrons. The summed E-state index contributed by atoms with van der Waals surface area (Å²) in [6.45, 7) is 4.44. The lowest BCUT2D eigenvalue weighted by Gasteiger charge is -2.17. The smallest absolute Gasteiger partial charge is 0.0798 e. The largest absolute Gasteiger partial charge is 0.355 e. The molecular formula is C22H18Br2N4. The summed E-state index contributed by atoms with van der Waals surface area (Å²) >= 11 is 7.55. The third-order valence-corrected chi connectivity index (χ3v) is 6.80. The van der Waals surface area contributed by atoms with Gasteiger partial charge in [-0.2, -0.15) is 0 Å². The van der Waals surface area contributed by atoms with Crippen molar-refractivity contribution in [1.82, 2.24) is 19.9 Å². The first-order chi connectivity index (χ1) is 13.4. The highest BCUT2D eigenvalue weighted by Gasteiger charge is 2.32. The van der Waals surface area contributed by atoms with E-state index in [0.29, 0.717) is 0 Å². The second-order valence-electron chi connectivity index (χ2n) is 7.84. The molecule has 2 aliphatic rings. The van der Waals surface area contributed by atoms with Gasteiger partial charge in [0.25, 0.3) is 0 Å². The van der Waals surface area contributed by atoms with Crippen LogP contribution >= 0.6 is 31.9 Å². The minimum atomic E-state index is -0.0838. The van der Waals surface area contributed by atoms with Crippen molar-refractivity contribution in [1.29, 1.82) is 0 Å². The maximum atomic E-state index is 4.99. The number of halogens is 2. The van der Waals surface area contributed by atoms with Crippen LogP contribution in [0.15, 0.2) is 45.3 Å². The van der Waals surface area contributed by atoms with Crippen LogP contribution in [-0.2, 0) is 11.8 Å². The van der Waals surface area contributed by atoms with Gasteiger partial charge in [0.1, 0.15) is 0 Å². The van der Waals surface area contributed by atoms with Crippen molar-refractivity contribution in [2.75, 3.05) is 0 Å². The zero-order valence-electron chi connectivity index (χ0n) is 15.5. The molecule has 0 atom stereocenters. The minimum Gasteiger partial charge on any atom is -0.355 e. The number of nitrogens with zero attached hydrogens (tertiary/aromatic N) is 2. The molecule has 0 unspecified atom stereocenters. The molecule has 4 nitrogen and oxygen atoms in total. The molecule has 0 saturated heterocycles. The molecule has 8 bridgehead atoms. The summed E-state index contributed by atoms with van der Waals surface area (Å²) in [5, 5.41) is 0. The Morgan fingerprint density at radius 2 is 1.57 bits per heavy atom. The topological polar surface area (TPSA) is 57.4 Å². The molecule has 140 valence electrons. The number of rotatable bonds is 0. The van der Waals surface area contributed by atoms with E-state index in [1.165, 1.54) is 0 Å². The van der Waals surface area contributed by atoms with E-state index in [9.17, 15) is 0 Å². The van der Waals surface area contributed by atoms with Crippen molar-refractivity contribution in [3.05, 3.63) is 68.1 Å². The maximum absolute atomic E-state index is 4.99. The number of hydrogen-bond acceptors (Lipinski definition) is 2. The Labute approximate surface area is 179 Å². The third-order valence-electron chi connectivity index (χ3n) is 5.14. The van der Waals surface area contributed by atoms with Crippen molar-refractivity contribution < 1.29 is 0 Å². The fraction of sp³-hybridized carbons (Fsp3) is 0.182. The van der Waals surface area contributed by atoms with Crippen molar-refractivity contribution in [2.24, 2.45) is 0 Å². The Balaban J connectivity index is 1.92. The summed E-state index contributed by atoms with van der Waals surface area (Å²) in [7, 11) is 0. The Morgan fingerprint density at radius 1 is 0.857 bits per heavy atom. The Kier molecular flexibility index (Phi) is 4.10. The van der Waals surface area contributed by atoms with Gasteiger partial charge in [0.15, 0.2) is 0 Å². The van der Waals surface area contributed by atoms with Crippen LogP contribution in [0.1, 0.15) is 36.6 Å². The van der Waals surface area contributed by atoms with Crippen LogP contribution in [0.2, 0.25) is 0 Å². The van der Waals surface area contributed by atoms with Crippen molar-refractivity contribution in [2.45, 2.75) is 25.7 Å². The molecule has 3 aromatic rings. The van der Waals surface area contributed by atoms with E-state index >= 15 is 0 Å². The van der Waals surface area contributed by atoms with Crippen LogP contribution in [-0.4, -0.2) is 19.9 Å². The fourth-order valence-electron chi connectivity index (χ4n) is 3.71. The van der Waals surface area contributed by atoms with E-state index in [1.807, 2.05) is 12.2 Å². The molecule has 0 saturated carbocycles. The lowest BCUT2D eigenvalue weighted by atomic mass is 9.87. The van der Waals surface area contributed by atoms with Gasteiger partial charge in [0.05, 0.1) is 37.2 Å². The summed E-state index contributed by atoms with van der Waals surface area (Å²) in [6.07, 6.45) is 4.93. The molecule has 2 N–H and O–H groups in total. The molecular weight excluding hydrogens is 480 g/mol. The number of aromatic nitrogens is 4. The molecule has 5 rings (SSSR count). The van der Waals surface area contributed by atoms with E-state index in [4.69, 9.17) is 9.97 Å². The van der Waals surface area contributed by atoms with E-state index < -0.39 is 0 Å². The molecule has 0 aliphatic carbocycles. The van der Waals surface area contributed by atoms with Gasteiger partial charge < -0.3 is 9.97 Å². The zero-order chi connectivity index (χ0) is 19.5. The summed E-state index contributed by atoms with van der Waals surface area (Å²) in [4.78, 5) is 16.7. The maximum Gasteiger partial charge on any atom is 0.0798 e. The van der Waals surface area contributed by atoms with E-state index in [-0.39, 0.29) is 5.41 Å². The van der Waals surface area contributed by atoms with Gasteiger partial charge in [0, 0.05) is 28.4 Å². The molecule has 0 amide bonds. The van der Waals surface area contributed by atoms with E-state index in [0.717, 1.165) is 60.2 Å². The van der Waals surface area contributed by atoms with Gasteiger partial charge in [-0.15, -0.1) is 0 Å². The summed E-state index contributed by atoms with van der Waals surface area (Å²) in [5.74, 6) is 0. The molecule has 3 aromatic heterocycles. The third kappa shape index (κ3) is 3.05. The molecule has 2 aliphatic heterocycles. The molecule has 28 heavy (non-hydrogen) atoms. The van der Waals surface area contributed by atoms with Crippen LogP contribution in [0.25, 0.3) is 34.2 Å². The number of H-pyrrole nitrogens is 2. The second-order valence-corrected chi connectivity index (χ2v) is 9.42. The zero-order valence-corrected chi connectivity index (χ0v) is 18.6. The van der Waals surface area contributed by atoms with Crippen LogP contribution in [0.5, 0.6) is 0 Å². The Bertz CT molecular complexity index is 1290. The van der Waals surface area contributed by atoms with Gasteiger partial charge in [-0.3, -0.25) is 4.98 Å². The molecule has 6 heteroatoms. The van der Waals surface area contributed by atoms with Gasteiger partial charge in [-0.25, -0.2) is 4.98 Å². The van der Waals surface area contributed by atoms with Crippen molar-refractivity contribution in [3.63, 3.8) is 0 Å². The summed E-state index contributed by atoms with van der Waals surface area (Å²) in [6, 6.07) is 12.4. The highest BCUT2D eigenvalue weighted by atomic mass is 79.9. The van der Waals surface area contributed by atoms with E-state index in [1.54, 1.807) is 0 Å². The average molecular weight is 498 g/mol. The number of fused-ring (bicyclic) bond motifs is 8. The first-order valence-corrected chi connectivity index (χ1v) is 10.7. The summed E-state index contributed by atoms with van der Waals surface area (Å²) < 4.78 is 1.95. The van der Waals surface area contributed by atoms with Gasteiger partial charge in [-0.1, -0.05) is 13.8 Å². The number of nitrogens with one attached hydrogen (secondary N) is 2. The van der Waals surface area contributed by atoms with Gasteiger partial charge >= 0.3 is 0 Å². The standard InChI is InChI=1S/C22H18Br2N4/c1-22(2)11-18-19(23)16-7-5-14(26-16)9-12-3-4-13(25-12)10-15-6-8-17(27-15)20(24)21(22)28-18/h3-10,25-26H,11H2,1-2H3. The Morgan fingerprint density at radius 3 is 2.39 bits per heavy atom.